The Hall–Kier alpha value is -1.18. The van der Waals surface area contributed by atoms with E-state index in [1.165, 1.54) is 11.3 Å². The molecule has 0 aliphatic heterocycles. The molecule has 4 nitrogen and oxygen atoms in total. The molecule has 0 spiro atoms. The van der Waals surface area contributed by atoms with Gasteiger partial charge in [-0.25, -0.2) is 4.68 Å². The molecular formula is C14H13Br2N3OS. The van der Waals surface area contributed by atoms with Gasteiger partial charge in [0.15, 0.2) is 0 Å². The predicted octanol–water partition coefficient (Wildman–Crippen LogP) is 4.06. The highest BCUT2D eigenvalue weighted by Crippen LogP contribution is 2.32. The van der Waals surface area contributed by atoms with Crippen LogP contribution in [0, 0.1) is 6.92 Å². The summed E-state index contributed by atoms with van der Waals surface area (Å²) >= 11 is 8.14. The second-order valence-corrected chi connectivity index (χ2v) is 6.72. The summed E-state index contributed by atoms with van der Waals surface area (Å²) in [6, 6.07) is 3.60. The van der Waals surface area contributed by atoms with Gasteiger partial charge in [0.2, 0.25) is 4.80 Å². The molecule has 110 valence electrons. The normalized spacial score (nSPS) is 12.2. The van der Waals surface area contributed by atoms with Crippen molar-refractivity contribution in [1.29, 1.82) is 0 Å². The number of phenols is 1. The number of benzene rings is 1. The fraction of sp³-hybridized carbons (Fsp3) is 0.143. The number of hydrogen-bond acceptors (Lipinski definition) is 4. The molecule has 0 bridgehead atoms. The highest BCUT2D eigenvalue weighted by atomic mass is 79.9. The van der Waals surface area contributed by atoms with Crippen LogP contribution in [-0.4, -0.2) is 22.5 Å². The molecule has 2 rings (SSSR count). The van der Waals surface area contributed by atoms with Gasteiger partial charge in [0, 0.05) is 5.38 Å². The first-order valence-electron chi connectivity index (χ1n) is 6.04. The van der Waals surface area contributed by atoms with Gasteiger partial charge in [-0.2, -0.15) is 5.10 Å². The lowest BCUT2D eigenvalue weighted by molar-refractivity contribution is 0.468. The SMILES string of the molecule is C=CCN=c1scc(C)n1N=Cc1cc(Br)c(O)c(Br)c1. The standard InChI is InChI=1S/C14H13Br2N3OS/c1-3-4-17-14-19(9(2)8-21-14)18-7-10-5-11(15)13(20)12(16)6-10/h3,5-8,20H,1,4H2,2H3. The number of hydrogen-bond donors (Lipinski definition) is 1. The topological polar surface area (TPSA) is 49.9 Å². The first-order chi connectivity index (χ1) is 10.0. The molecule has 7 heteroatoms. The summed E-state index contributed by atoms with van der Waals surface area (Å²) in [5.74, 6) is 0.174. The van der Waals surface area contributed by atoms with Crippen LogP contribution in [0.2, 0.25) is 0 Å². The molecule has 1 aromatic heterocycles. The van der Waals surface area contributed by atoms with Gasteiger partial charge in [0.05, 0.1) is 27.4 Å². The van der Waals surface area contributed by atoms with Crippen LogP contribution in [0.25, 0.3) is 0 Å². The Labute approximate surface area is 143 Å². The number of thiazole rings is 1. The van der Waals surface area contributed by atoms with Crippen LogP contribution in [0.15, 0.2) is 49.2 Å². The van der Waals surface area contributed by atoms with Crippen LogP contribution in [0.3, 0.4) is 0 Å². The van der Waals surface area contributed by atoms with Crippen molar-refractivity contribution in [3.8, 4) is 5.75 Å². The van der Waals surface area contributed by atoms with Gasteiger partial charge < -0.3 is 5.11 Å². The van der Waals surface area contributed by atoms with E-state index < -0.39 is 0 Å². The average molecular weight is 431 g/mol. The van der Waals surface area contributed by atoms with Crippen molar-refractivity contribution in [3.63, 3.8) is 0 Å². The van der Waals surface area contributed by atoms with Crippen molar-refractivity contribution in [2.75, 3.05) is 6.54 Å². The van der Waals surface area contributed by atoms with Gasteiger partial charge in [-0.05, 0) is 56.5 Å². The van der Waals surface area contributed by atoms with Crippen LogP contribution in [-0.2, 0) is 0 Å². The molecule has 0 amide bonds. The van der Waals surface area contributed by atoms with Crippen molar-refractivity contribution in [1.82, 2.24) is 4.68 Å². The third kappa shape index (κ3) is 3.93. The lowest BCUT2D eigenvalue weighted by atomic mass is 10.2. The number of rotatable bonds is 4. The monoisotopic (exact) mass is 429 g/mol. The average Bonchev–Trinajstić information content (AvgIpc) is 2.80. The molecular weight excluding hydrogens is 418 g/mol. The minimum Gasteiger partial charge on any atom is -0.506 e. The molecule has 1 N–H and O–H groups in total. The lowest BCUT2D eigenvalue weighted by Gasteiger charge is -2.02. The zero-order valence-corrected chi connectivity index (χ0v) is 15.2. The molecule has 0 fully saturated rings. The number of phenolic OH excluding ortho intramolecular Hbond substituents is 1. The number of aromatic hydroxyl groups is 1. The Morgan fingerprint density at radius 3 is 2.67 bits per heavy atom. The zero-order valence-electron chi connectivity index (χ0n) is 11.3. The molecule has 0 aliphatic carbocycles. The van der Waals surface area contributed by atoms with E-state index in [2.05, 4.69) is 48.5 Å². The maximum absolute atomic E-state index is 9.70. The summed E-state index contributed by atoms with van der Waals surface area (Å²) in [5.41, 5.74) is 1.87. The number of aryl methyl sites for hydroxylation is 1. The highest BCUT2D eigenvalue weighted by Gasteiger charge is 2.05. The maximum atomic E-state index is 9.70. The van der Waals surface area contributed by atoms with Crippen LogP contribution >= 0.6 is 43.2 Å². The van der Waals surface area contributed by atoms with E-state index >= 15 is 0 Å². The summed E-state index contributed by atoms with van der Waals surface area (Å²) < 4.78 is 3.01. The predicted molar refractivity (Wildman–Crippen MR) is 94.2 cm³/mol. The first-order valence-corrected chi connectivity index (χ1v) is 8.50. The van der Waals surface area contributed by atoms with Crippen molar-refractivity contribution >= 4 is 49.4 Å². The fourth-order valence-corrected chi connectivity index (χ4v) is 3.60. The summed E-state index contributed by atoms with van der Waals surface area (Å²) in [7, 11) is 0. The Kier molecular flexibility index (Phi) is 5.55. The number of halogens is 2. The van der Waals surface area contributed by atoms with Gasteiger partial charge in [0.25, 0.3) is 0 Å². The molecule has 0 saturated heterocycles. The summed E-state index contributed by atoms with van der Waals surface area (Å²) in [6.45, 7) is 6.20. The van der Waals surface area contributed by atoms with E-state index in [0.717, 1.165) is 16.1 Å². The second-order valence-electron chi connectivity index (χ2n) is 4.18. The van der Waals surface area contributed by atoms with Crippen molar-refractivity contribution in [2.24, 2.45) is 10.1 Å². The van der Waals surface area contributed by atoms with E-state index in [1.807, 2.05) is 12.3 Å². The van der Waals surface area contributed by atoms with Crippen LogP contribution in [0.4, 0.5) is 0 Å². The molecule has 0 atom stereocenters. The largest absolute Gasteiger partial charge is 0.506 e. The molecule has 1 aromatic carbocycles. The molecule has 0 aliphatic rings. The molecule has 0 unspecified atom stereocenters. The van der Waals surface area contributed by atoms with Crippen molar-refractivity contribution in [3.05, 3.63) is 55.2 Å². The third-order valence-electron chi connectivity index (χ3n) is 2.57. The van der Waals surface area contributed by atoms with Gasteiger partial charge in [-0.15, -0.1) is 17.9 Å². The van der Waals surface area contributed by atoms with Crippen molar-refractivity contribution < 1.29 is 5.11 Å². The van der Waals surface area contributed by atoms with E-state index in [1.54, 1.807) is 29.1 Å². The van der Waals surface area contributed by atoms with Crippen molar-refractivity contribution in [2.45, 2.75) is 6.92 Å². The van der Waals surface area contributed by atoms with Gasteiger partial charge >= 0.3 is 0 Å². The molecule has 1 heterocycles. The van der Waals surface area contributed by atoms with Crippen LogP contribution in [0.5, 0.6) is 5.75 Å². The van der Waals surface area contributed by atoms with E-state index in [9.17, 15) is 5.11 Å². The molecule has 0 saturated carbocycles. The van der Waals surface area contributed by atoms with E-state index in [-0.39, 0.29) is 5.75 Å². The lowest BCUT2D eigenvalue weighted by Crippen LogP contribution is -2.12. The molecule has 2 aromatic rings. The van der Waals surface area contributed by atoms with Crippen LogP contribution in [0.1, 0.15) is 11.3 Å². The zero-order chi connectivity index (χ0) is 15.4. The Morgan fingerprint density at radius 2 is 2.05 bits per heavy atom. The molecule has 0 radical (unpaired) electrons. The summed E-state index contributed by atoms with van der Waals surface area (Å²) in [5, 5.41) is 16.2. The quantitative estimate of drug-likeness (QED) is 0.577. The van der Waals surface area contributed by atoms with E-state index in [0.29, 0.717) is 15.5 Å². The summed E-state index contributed by atoms with van der Waals surface area (Å²) in [6.07, 6.45) is 3.47. The Morgan fingerprint density at radius 1 is 1.38 bits per heavy atom. The summed E-state index contributed by atoms with van der Waals surface area (Å²) in [4.78, 5) is 5.22. The van der Waals surface area contributed by atoms with E-state index in [4.69, 9.17) is 0 Å². The third-order valence-corrected chi connectivity index (χ3v) is 4.75. The number of aromatic nitrogens is 1. The minimum absolute atomic E-state index is 0.174. The Balaban J connectivity index is 2.38. The minimum atomic E-state index is 0.174. The maximum Gasteiger partial charge on any atom is 0.206 e. The van der Waals surface area contributed by atoms with Crippen LogP contribution < -0.4 is 4.80 Å². The first kappa shape index (κ1) is 16.2. The molecule has 21 heavy (non-hydrogen) atoms. The van der Waals surface area contributed by atoms with Gasteiger partial charge in [0.1, 0.15) is 5.75 Å². The van der Waals surface area contributed by atoms with Gasteiger partial charge in [-0.3, -0.25) is 4.99 Å². The smallest absolute Gasteiger partial charge is 0.206 e. The number of nitrogens with zero attached hydrogens (tertiary/aromatic N) is 3. The second kappa shape index (κ2) is 7.20. The highest BCUT2D eigenvalue weighted by molar-refractivity contribution is 9.11. The fourth-order valence-electron chi connectivity index (χ4n) is 1.56. The van der Waals surface area contributed by atoms with Gasteiger partial charge in [-0.1, -0.05) is 6.08 Å². The Bertz CT molecular complexity index is 739.